The van der Waals surface area contributed by atoms with Gasteiger partial charge in [0.25, 0.3) is 5.91 Å². The molecule has 7 rings (SSSR count). The molecule has 46 heavy (non-hydrogen) atoms. The fraction of sp³-hybridized carbons (Fsp3) is 0.194. The van der Waals surface area contributed by atoms with Gasteiger partial charge in [0.15, 0.2) is 0 Å². The van der Waals surface area contributed by atoms with Gasteiger partial charge in [0.05, 0.1) is 23.8 Å². The van der Waals surface area contributed by atoms with E-state index >= 15 is 0 Å². The smallest absolute Gasteiger partial charge is 0.272 e. The zero-order valence-electron chi connectivity index (χ0n) is 25.1. The van der Waals surface area contributed by atoms with Gasteiger partial charge in [-0.3, -0.25) is 4.79 Å². The number of nitrogens with zero attached hydrogens (tertiary/aromatic N) is 3. The Kier molecular flexibility index (Phi) is 8.49. The summed E-state index contributed by atoms with van der Waals surface area (Å²) in [5.41, 5.74) is 5.83. The van der Waals surface area contributed by atoms with Crippen LogP contribution < -0.4 is 15.4 Å². The highest BCUT2D eigenvalue weighted by molar-refractivity contribution is 6.31. The van der Waals surface area contributed by atoms with Crippen LogP contribution >= 0.6 is 23.2 Å². The number of piperidine rings is 1. The van der Waals surface area contributed by atoms with E-state index in [4.69, 9.17) is 32.9 Å². The molecule has 1 amide bonds. The van der Waals surface area contributed by atoms with Crippen molar-refractivity contribution < 1.29 is 9.53 Å². The molecule has 0 saturated carbocycles. The van der Waals surface area contributed by atoms with Crippen LogP contribution in [0.5, 0.6) is 5.88 Å². The summed E-state index contributed by atoms with van der Waals surface area (Å²) in [5, 5.41) is 8.51. The molecule has 10 heteroatoms. The number of hydrogen-bond donors (Lipinski definition) is 3. The molecule has 0 unspecified atom stereocenters. The maximum absolute atomic E-state index is 14.4. The van der Waals surface area contributed by atoms with Gasteiger partial charge in [-0.15, -0.1) is 0 Å². The maximum atomic E-state index is 14.4. The predicted octanol–water partition coefficient (Wildman–Crippen LogP) is 8.39. The molecule has 0 aliphatic carbocycles. The van der Waals surface area contributed by atoms with E-state index in [0.717, 1.165) is 59.3 Å². The number of fused-ring (bicyclic) bond motifs is 1. The van der Waals surface area contributed by atoms with Crippen LogP contribution in [0.4, 0.5) is 5.69 Å². The largest absolute Gasteiger partial charge is 0.472 e. The van der Waals surface area contributed by atoms with Crippen LogP contribution in [0.3, 0.4) is 0 Å². The quantitative estimate of drug-likeness (QED) is 0.154. The molecule has 2 atom stereocenters. The van der Waals surface area contributed by atoms with Crippen molar-refractivity contribution in [3.63, 3.8) is 0 Å². The van der Waals surface area contributed by atoms with Crippen LogP contribution in [-0.2, 0) is 0 Å². The summed E-state index contributed by atoms with van der Waals surface area (Å²) in [6.07, 6.45) is 5.41. The SMILES string of the molecule is C[C@@H](c1ccc(Cl)cc1)n1cnc(-c2ccccc2)c1-c1c(C(=O)Nc2cccnc2O[C@@H]2CCCNC2)[nH]c2cc(Cl)ccc12. The summed E-state index contributed by atoms with van der Waals surface area (Å²) < 4.78 is 8.35. The van der Waals surface area contributed by atoms with Crippen LogP contribution in [0.25, 0.3) is 33.4 Å². The summed E-state index contributed by atoms with van der Waals surface area (Å²) in [6.45, 7) is 3.81. The van der Waals surface area contributed by atoms with Crippen molar-refractivity contribution in [2.24, 2.45) is 0 Å². The molecular weight excluding hydrogens is 619 g/mol. The summed E-state index contributed by atoms with van der Waals surface area (Å²) in [7, 11) is 0. The van der Waals surface area contributed by atoms with Gasteiger partial charge in [-0.1, -0.05) is 71.7 Å². The standard InChI is InChI=1S/C36H32Cl2N6O2/c1-22(23-11-13-25(37)14-12-23)44-21-41-32(24-7-3-2-4-8-24)34(44)31-28-16-15-26(38)19-30(28)42-33(31)35(45)43-29-10-6-18-40-36(29)46-27-9-5-17-39-20-27/h2-4,6-8,10-16,18-19,21-22,27,39,42H,5,9,17,20H2,1H3,(H,43,45)/t22-,27+/m0/s1. The lowest BCUT2D eigenvalue weighted by atomic mass is 9.99. The number of amides is 1. The van der Waals surface area contributed by atoms with E-state index in [1.54, 1.807) is 18.3 Å². The van der Waals surface area contributed by atoms with Gasteiger partial charge in [0, 0.05) is 44.8 Å². The zero-order chi connectivity index (χ0) is 31.6. The fourth-order valence-corrected chi connectivity index (χ4v) is 6.34. The number of halogens is 2. The van der Waals surface area contributed by atoms with E-state index in [9.17, 15) is 4.79 Å². The third-order valence-electron chi connectivity index (χ3n) is 8.38. The third-order valence-corrected chi connectivity index (χ3v) is 8.87. The second-order valence-electron chi connectivity index (χ2n) is 11.4. The molecule has 1 aliphatic rings. The molecule has 1 aliphatic heterocycles. The average Bonchev–Trinajstić information content (AvgIpc) is 3.68. The molecule has 3 N–H and O–H groups in total. The lowest BCUT2D eigenvalue weighted by Crippen LogP contribution is -2.37. The van der Waals surface area contributed by atoms with E-state index < -0.39 is 0 Å². The Morgan fingerprint density at radius 3 is 2.59 bits per heavy atom. The number of carbonyl (C=O) groups excluding carboxylic acids is 1. The molecular formula is C36H32Cl2N6O2. The highest BCUT2D eigenvalue weighted by atomic mass is 35.5. The van der Waals surface area contributed by atoms with Crippen LogP contribution in [0, 0.1) is 0 Å². The first-order valence-corrected chi connectivity index (χ1v) is 16.0. The molecule has 3 aromatic heterocycles. The number of anilines is 1. The van der Waals surface area contributed by atoms with Gasteiger partial charge in [0.2, 0.25) is 5.88 Å². The molecule has 3 aromatic carbocycles. The number of benzene rings is 3. The van der Waals surface area contributed by atoms with E-state index in [1.807, 2.05) is 79.1 Å². The normalized spacial score (nSPS) is 15.5. The Hall–Kier alpha value is -4.63. The van der Waals surface area contributed by atoms with Gasteiger partial charge in [-0.25, -0.2) is 9.97 Å². The molecule has 232 valence electrons. The van der Waals surface area contributed by atoms with E-state index in [1.165, 1.54) is 0 Å². The van der Waals surface area contributed by atoms with Crippen molar-refractivity contribution in [3.8, 4) is 28.4 Å². The van der Waals surface area contributed by atoms with Crippen molar-refractivity contribution in [2.75, 3.05) is 18.4 Å². The number of rotatable bonds is 8. The second kappa shape index (κ2) is 13.0. The molecule has 1 saturated heterocycles. The van der Waals surface area contributed by atoms with Gasteiger partial charge >= 0.3 is 0 Å². The minimum Gasteiger partial charge on any atom is -0.472 e. The van der Waals surface area contributed by atoms with Gasteiger partial charge in [-0.05, 0) is 68.3 Å². The summed E-state index contributed by atoms with van der Waals surface area (Å²) >= 11 is 12.7. The van der Waals surface area contributed by atoms with Crippen molar-refractivity contribution in [3.05, 3.63) is 119 Å². The number of carbonyl (C=O) groups is 1. The molecule has 0 bridgehead atoms. The average molecular weight is 652 g/mol. The van der Waals surface area contributed by atoms with Crippen LogP contribution in [0.15, 0.2) is 97.5 Å². The number of ether oxygens (including phenoxy) is 1. The number of pyridine rings is 1. The van der Waals surface area contributed by atoms with Crippen LogP contribution in [-0.4, -0.2) is 44.6 Å². The number of imidazole rings is 1. The maximum Gasteiger partial charge on any atom is 0.272 e. The van der Waals surface area contributed by atoms with E-state index in [2.05, 4.69) is 32.1 Å². The van der Waals surface area contributed by atoms with E-state index in [0.29, 0.717) is 32.9 Å². The van der Waals surface area contributed by atoms with Crippen molar-refractivity contribution >= 4 is 45.7 Å². The second-order valence-corrected chi connectivity index (χ2v) is 12.3. The molecule has 4 heterocycles. The Bertz CT molecular complexity index is 2000. The van der Waals surface area contributed by atoms with Crippen LogP contribution in [0.1, 0.15) is 41.9 Å². The minimum absolute atomic E-state index is 0.0257. The Labute approximate surface area is 276 Å². The lowest BCUT2D eigenvalue weighted by molar-refractivity contribution is 0.102. The topological polar surface area (TPSA) is 96.9 Å². The number of aromatic amines is 1. The zero-order valence-corrected chi connectivity index (χ0v) is 26.6. The highest BCUT2D eigenvalue weighted by Gasteiger charge is 2.28. The monoisotopic (exact) mass is 650 g/mol. The van der Waals surface area contributed by atoms with E-state index in [-0.39, 0.29) is 18.1 Å². The van der Waals surface area contributed by atoms with Crippen LogP contribution in [0.2, 0.25) is 10.0 Å². The van der Waals surface area contributed by atoms with Crippen molar-refractivity contribution in [1.29, 1.82) is 0 Å². The molecule has 1 fully saturated rings. The Balaban J connectivity index is 1.37. The molecule has 6 aromatic rings. The molecule has 0 spiro atoms. The summed E-state index contributed by atoms with van der Waals surface area (Å²) in [5.74, 6) is 0.0458. The number of hydrogen-bond acceptors (Lipinski definition) is 5. The number of aromatic nitrogens is 4. The Morgan fingerprint density at radius 2 is 1.80 bits per heavy atom. The minimum atomic E-state index is -0.340. The highest BCUT2D eigenvalue weighted by Crippen LogP contribution is 2.41. The van der Waals surface area contributed by atoms with Gasteiger partial charge in [-0.2, -0.15) is 0 Å². The fourth-order valence-electron chi connectivity index (χ4n) is 6.04. The summed E-state index contributed by atoms with van der Waals surface area (Å²) in [4.78, 5) is 27.1. The first-order chi connectivity index (χ1) is 22.5. The van der Waals surface area contributed by atoms with Gasteiger partial charge < -0.3 is 24.9 Å². The number of nitrogens with one attached hydrogen (secondary N) is 3. The number of H-pyrrole nitrogens is 1. The predicted molar refractivity (Wildman–Crippen MR) is 184 cm³/mol. The van der Waals surface area contributed by atoms with Gasteiger partial charge in [0.1, 0.15) is 17.5 Å². The third kappa shape index (κ3) is 5.99. The summed E-state index contributed by atoms with van der Waals surface area (Å²) in [6, 6.07) is 26.8. The van der Waals surface area contributed by atoms with Crippen molar-refractivity contribution in [2.45, 2.75) is 31.9 Å². The lowest BCUT2D eigenvalue weighted by Gasteiger charge is -2.24. The first kappa shape index (κ1) is 30.0. The molecule has 8 nitrogen and oxygen atoms in total. The Morgan fingerprint density at radius 1 is 1.00 bits per heavy atom. The first-order valence-electron chi connectivity index (χ1n) is 15.3. The van der Waals surface area contributed by atoms with Crippen molar-refractivity contribution in [1.82, 2.24) is 24.8 Å². The molecule has 0 radical (unpaired) electrons.